The highest BCUT2D eigenvalue weighted by Crippen LogP contribution is 2.47. The van der Waals surface area contributed by atoms with Crippen molar-refractivity contribution in [3.8, 4) is 11.5 Å². The highest BCUT2D eigenvalue weighted by atomic mass is 79.9. The van der Waals surface area contributed by atoms with Crippen molar-refractivity contribution in [3.63, 3.8) is 0 Å². The molecule has 1 aromatic rings. The van der Waals surface area contributed by atoms with E-state index in [1.165, 1.54) is 17.5 Å². The molecule has 2 fully saturated rings. The molecule has 0 radical (unpaired) electrons. The van der Waals surface area contributed by atoms with Crippen LogP contribution >= 0.6 is 15.9 Å². The van der Waals surface area contributed by atoms with Gasteiger partial charge in [-0.15, -0.1) is 0 Å². The molecule has 0 aliphatic carbocycles. The first-order valence-electron chi connectivity index (χ1n) is 10.3. The molecule has 2 atom stereocenters. The second-order valence-corrected chi connectivity index (χ2v) is 9.44. The van der Waals surface area contributed by atoms with Crippen LogP contribution in [0.25, 0.3) is 0 Å². The van der Waals surface area contributed by atoms with Gasteiger partial charge in [0.1, 0.15) is 0 Å². The van der Waals surface area contributed by atoms with Gasteiger partial charge >= 0.3 is 0 Å². The fourth-order valence-corrected chi connectivity index (χ4v) is 4.95. The first kappa shape index (κ1) is 21.9. The number of methoxy groups -OCH3 is 2. The first-order valence-corrected chi connectivity index (χ1v) is 11.1. The van der Waals surface area contributed by atoms with Crippen LogP contribution in [0.15, 0.2) is 10.5 Å². The van der Waals surface area contributed by atoms with E-state index in [-0.39, 0.29) is 5.60 Å². The predicted octanol–water partition coefficient (Wildman–Crippen LogP) is 4.75. The van der Waals surface area contributed by atoms with Gasteiger partial charge < -0.3 is 18.9 Å². The number of benzene rings is 1. The molecule has 0 bridgehead atoms. The minimum atomic E-state index is -0.0786. The van der Waals surface area contributed by atoms with E-state index in [0.29, 0.717) is 12.1 Å². The van der Waals surface area contributed by atoms with E-state index in [1.54, 1.807) is 14.2 Å². The van der Waals surface area contributed by atoms with Crippen molar-refractivity contribution in [1.82, 2.24) is 4.90 Å². The van der Waals surface area contributed by atoms with E-state index in [2.05, 4.69) is 47.7 Å². The summed E-state index contributed by atoms with van der Waals surface area (Å²) in [5.74, 6) is 1.60. The Morgan fingerprint density at radius 1 is 1.14 bits per heavy atom. The highest BCUT2D eigenvalue weighted by Gasteiger charge is 2.36. The van der Waals surface area contributed by atoms with Crippen molar-refractivity contribution in [2.24, 2.45) is 0 Å². The van der Waals surface area contributed by atoms with Gasteiger partial charge in [0.15, 0.2) is 11.5 Å². The van der Waals surface area contributed by atoms with Gasteiger partial charge in [-0.3, -0.25) is 4.90 Å². The van der Waals surface area contributed by atoms with E-state index in [4.69, 9.17) is 18.9 Å². The number of nitrogens with zero attached hydrogens (tertiary/aromatic N) is 1. The molecule has 3 aliphatic heterocycles. The molecule has 0 aromatic heterocycles. The number of halogens is 1. The van der Waals surface area contributed by atoms with Crippen LogP contribution in [0.4, 0.5) is 0 Å². The van der Waals surface area contributed by atoms with E-state index >= 15 is 0 Å². The predicted molar refractivity (Wildman–Crippen MR) is 115 cm³/mol. The summed E-state index contributed by atoms with van der Waals surface area (Å²) in [6.07, 6.45) is 4.85. The Hall–Kier alpha value is -0.820. The summed E-state index contributed by atoms with van der Waals surface area (Å²) in [6.45, 7) is 10.5. The molecule has 3 aliphatic rings. The average Bonchev–Trinajstić information content (AvgIpc) is 2.58. The first-order chi connectivity index (χ1) is 13.3. The van der Waals surface area contributed by atoms with E-state index in [9.17, 15) is 0 Å². The van der Waals surface area contributed by atoms with Gasteiger partial charge in [0.05, 0.1) is 30.4 Å². The summed E-state index contributed by atoms with van der Waals surface area (Å²) in [7, 11) is 3.39. The molecule has 0 N–H and O–H groups in total. The maximum atomic E-state index is 6.23. The molecule has 6 heteroatoms. The number of hydrogen-bond acceptors (Lipinski definition) is 5. The molecule has 1 aromatic carbocycles. The molecule has 5 nitrogen and oxygen atoms in total. The summed E-state index contributed by atoms with van der Waals surface area (Å²) in [5, 5.41) is 0. The third kappa shape index (κ3) is 5.02. The van der Waals surface area contributed by atoms with Crippen molar-refractivity contribution >= 4 is 15.9 Å². The van der Waals surface area contributed by atoms with Gasteiger partial charge in [0, 0.05) is 32.3 Å². The molecule has 4 rings (SSSR count). The third-order valence-electron chi connectivity index (χ3n) is 5.49. The topological polar surface area (TPSA) is 40.2 Å². The van der Waals surface area contributed by atoms with Crippen LogP contribution in [0.1, 0.15) is 57.2 Å². The lowest BCUT2D eigenvalue weighted by Gasteiger charge is -2.45. The van der Waals surface area contributed by atoms with Crippen molar-refractivity contribution in [1.29, 1.82) is 0 Å². The molecular formula is C22H34BrNO4. The second-order valence-electron chi connectivity index (χ2n) is 8.65. The SMILES string of the molecule is C1COC1.COc1cc2c(c(Br)c1OC)CCN1CC(OC(C)(C)C)CCC21. The van der Waals surface area contributed by atoms with Crippen molar-refractivity contribution < 1.29 is 18.9 Å². The average molecular weight is 456 g/mol. The number of rotatable bonds is 3. The summed E-state index contributed by atoms with van der Waals surface area (Å²) >= 11 is 3.74. The molecule has 0 spiro atoms. The van der Waals surface area contributed by atoms with E-state index < -0.39 is 0 Å². The third-order valence-corrected chi connectivity index (χ3v) is 6.33. The zero-order valence-corrected chi connectivity index (χ0v) is 19.4. The van der Waals surface area contributed by atoms with Crippen LogP contribution in [0.3, 0.4) is 0 Å². The van der Waals surface area contributed by atoms with Crippen molar-refractivity contribution in [2.75, 3.05) is 40.5 Å². The van der Waals surface area contributed by atoms with Crippen LogP contribution in [-0.4, -0.2) is 57.1 Å². The van der Waals surface area contributed by atoms with Gasteiger partial charge in [0.2, 0.25) is 0 Å². The summed E-state index contributed by atoms with van der Waals surface area (Å²) in [6, 6.07) is 2.62. The summed E-state index contributed by atoms with van der Waals surface area (Å²) < 4.78 is 23.1. The van der Waals surface area contributed by atoms with Crippen molar-refractivity contribution in [3.05, 3.63) is 21.7 Å². The zero-order valence-electron chi connectivity index (χ0n) is 17.8. The maximum Gasteiger partial charge on any atom is 0.175 e. The molecule has 0 amide bonds. The molecule has 158 valence electrons. The Morgan fingerprint density at radius 2 is 1.82 bits per heavy atom. The zero-order chi connectivity index (χ0) is 20.3. The smallest absolute Gasteiger partial charge is 0.175 e. The normalized spacial score (nSPS) is 24.2. The van der Waals surface area contributed by atoms with Gasteiger partial charge in [-0.25, -0.2) is 0 Å². The quantitative estimate of drug-likeness (QED) is 0.657. The standard InChI is InChI=1S/C19H28BrNO3.C3H6O/c1-19(2,3)24-12-6-7-15-14-10-16(22-4)18(23-5)17(20)13(14)8-9-21(15)11-12;1-2-4-3-1/h10,12,15H,6-9,11H2,1-5H3;1-3H2. The number of hydrogen-bond donors (Lipinski definition) is 0. The van der Waals surface area contributed by atoms with E-state index in [1.807, 2.05) is 0 Å². The summed E-state index contributed by atoms with van der Waals surface area (Å²) in [4.78, 5) is 2.57. The second kappa shape index (κ2) is 9.33. The Balaban J connectivity index is 0.000000500. The largest absolute Gasteiger partial charge is 0.493 e. The van der Waals surface area contributed by atoms with Gasteiger partial charge in [-0.2, -0.15) is 0 Å². The molecule has 2 saturated heterocycles. The monoisotopic (exact) mass is 455 g/mol. The van der Waals surface area contributed by atoms with Gasteiger partial charge in [-0.1, -0.05) is 0 Å². The number of piperidine rings is 1. The molecule has 3 heterocycles. The molecule has 2 unspecified atom stereocenters. The van der Waals surface area contributed by atoms with Gasteiger partial charge in [-0.05, 0) is 79.6 Å². The number of ether oxygens (including phenoxy) is 4. The fourth-order valence-electron chi connectivity index (χ4n) is 4.16. The molecule has 28 heavy (non-hydrogen) atoms. The van der Waals surface area contributed by atoms with E-state index in [0.717, 1.165) is 61.5 Å². The number of fused-ring (bicyclic) bond motifs is 3. The van der Waals surface area contributed by atoms with Crippen LogP contribution in [0, 0.1) is 0 Å². The van der Waals surface area contributed by atoms with Crippen LogP contribution in [-0.2, 0) is 15.9 Å². The van der Waals surface area contributed by atoms with Crippen LogP contribution in [0.5, 0.6) is 11.5 Å². The highest BCUT2D eigenvalue weighted by molar-refractivity contribution is 9.10. The van der Waals surface area contributed by atoms with Gasteiger partial charge in [0.25, 0.3) is 0 Å². The molecule has 0 saturated carbocycles. The van der Waals surface area contributed by atoms with Crippen LogP contribution in [0.2, 0.25) is 0 Å². The van der Waals surface area contributed by atoms with Crippen molar-refractivity contribution in [2.45, 2.75) is 64.2 Å². The Labute approximate surface area is 177 Å². The maximum absolute atomic E-state index is 6.23. The lowest BCUT2D eigenvalue weighted by molar-refractivity contribution is -0.0971. The fraction of sp³-hybridized carbons (Fsp3) is 0.727. The lowest BCUT2D eigenvalue weighted by Crippen LogP contribution is -2.47. The lowest BCUT2D eigenvalue weighted by atomic mass is 9.85. The van der Waals surface area contributed by atoms with Crippen LogP contribution < -0.4 is 9.47 Å². The Morgan fingerprint density at radius 3 is 2.36 bits per heavy atom. The molecular weight excluding hydrogens is 422 g/mol. The minimum Gasteiger partial charge on any atom is -0.493 e. The summed E-state index contributed by atoms with van der Waals surface area (Å²) in [5.41, 5.74) is 2.66. The minimum absolute atomic E-state index is 0.0786. The Kier molecular flexibility index (Phi) is 7.29. The Bertz CT molecular complexity index is 665.